The van der Waals surface area contributed by atoms with Crippen LogP contribution >= 0.6 is 0 Å². The Bertz CT molecular complexity index is 1370. The van der Waals surface area contributed by atoms with Crippen LogP contribution in [0.2, 0.25) is 0 Å². The molecule has 198 valence electrons. The number of nitrogen functional groups attached to an aromatic ring is 1. The number of carbonyl (C=O) groups excluding carboxylic acids is 2. The Balaban J connectivity index is 1.43. The lowest BCUT2D eigenvalue weighted by Crippen LogP contribution is -2.38. The topological polar surface area (TPSA) is 182 Å². The number of amidine groups is 1. The van der Waals surface area contributed by atoms with Crippen LogP contribution < -0.4 is 27.3 Å². The van der Waals surface area contributed by atoms with Crippen LogP contribution in [0.1, 0.15) is 21.5 Å². The summed E-state index contributed by atoms with van der Waals surface area (Å²) in [6.45, 7) is 4.64. The van der Waals surface area contributed by atoms with E-state index in [1.165, 1.54) is 0 Å². The zero-order chi connectivity index (χ0) is 27.1. The van der Waals surface area contributed by atoms with Crippen molar-refractivity contribution < 1.29 is 19.1 Å². The molecule has 38 heavy (non-hydrogen) atoms. The number of hydrogen-bond acceptors (Lipinski definition) is 7. The summed E-state index contributed by atoms with van der Waals surface area (Å²) in [6, 6.07) is 15.1. The van der Waals surface area contributed by atoms with Gasteiger partial charge < -0.3 is 32.0 Å². The number of esters is 1. The van der Waals surface area contributed by atoms with Gasteiger partial charge in [0.1, 0.15) is 11.6 Å². The first-order chi connectivity index (χ1) is 18.3. The minimum Gasteiger partial charge on any atom is -0.423 e. The third-order valence-electron chi connectivity index (χ3n) is 6.15. The summed E-state index contributed by atoms with van der Waals surface area (Å²) in [7, 11) is 0. The van der Waals surface area contributed by atoms with Gasteiger partial charge in [0.2, 0.25) is 5.91 Å². The van der Waals surface area contributed by atoms with Crippen molar-refractivity contribution in [1.29, 1.82) is 5.41 Å². The molecule has 0 bridgehead atoms. The van der Waals surface area contributed by atoms with E-state index < -0.39 is 11.9 Å². The van der Waals surface area contributed by atoms with Crippen LogP contribution in [0.25, 0.3) is 10.8 Å². The number of hydrogen-bond donors (Lipinski definition) is 5. The Morgan fingerprint density at radius 1 is 1.00 bits per heavy atom. The molecule has 1 aliphatic heterocycles. The zero-order valence-electron chi connectivity index (χ0n) is 20.9. The molecule has 1 aliphatic rings. The fraction of sp³-hybridized carbons (Fsp3) is 0.259. The summed E-state index contributed by atoms with van der Waals surface area (Å²) in [4.78, 5) is 31.3. The minimum absolute atomic E-state index is 0.0715. The number of amides is 1. The van der Waals surface area contributed by atoms with Crippen molar-refractivity contribution in [3.8, 4) is 5.75 Å². The molecule has 0 aliphatic carbocycles. The molecule has 0 atom stereocenters. The summed E-state index contributed by atoms with van der Waals surface area (Å²) >= 11 is 0. The number of aliphatic imine (C=N–C) groups is 1. The monoisotopic (exact) mass is 517 g/mol. The van der Waals surface area contributed by atoms with E-state index in [0.717, 1.165) is 38.2 Å². The van der Waals surface area contributed by atoms with Gasteiger partial charge >= 0.3 is 5.97 Å². The van der Waals surface area contributed by atoms with Gasteiger partial charge in [0.05, 0.1) is 31.7 Å². The second-order valence-corrected chi connectivity index (χ2v) is 8.85. The first-order valence-electron chi connectivity index (χ1n) is 12.2. The Morgan fingerprint density at radius 2 is 1.71 bits per heavy atom. The van der Waals surface area contributed by atoms with Crippen LogP contribution in [0, 0.1) is 5.41 Å². The molecule has 0 aromatic heterocycles. The molecule has 11 nitrogen and oxygen atoms in total. The van der Waals surface area contributed by atoms with Crippen LogP contribution in [0.4, 0.5) is 5.69 Å². The number of carbonyl (C=O) groups is 2. The predicted molar refractivity (Wildman–Crippen MR) is 147 cm³/mol. The van der Waals surface area contributed by atoms with Gasteiger partial charge in [-0.2, -0.15) is 0 Å². The molecule has 0 spiro atoms. The molecule has 1 heterocycles. The van der Waals surface area contributed by atoms with Gasteiger partial charge in [-0.05, 0) is 47.2 Å². The van der Waals surface area contributed by atoms with Gasteiger partial charge in [-0.15, -0.1) is 0 Å². The van der Waals surface area contributed by atoms with Crippen LogP contribution in [-0.2, 0) is 16.0 Å². The van der Waals surface area contributed by atoms with Gasteiger partial charge in [0.25, 0.3) is 0 Å². The van der Waals surface area contributed by atoms with E-state index in [2.05, 4.69) is 15.2 Å². The number of anilines is 1. The molecule has 3 aromatic rings. The van der Waals surface area contributed by atoms with Crippen LogP contribution in [0.3, 0.4) is 0 Å². The number of nitrogens with two attached hydrogens (primary N) is 3. The smallest absolute Gasteiger partial charge is 0.343 e. The number of nitrogens with zero attached hydrogens (tertiary/aromatic N) is 2. The Labute approximate surface area is 220 Å². The Kier molecular flexibility index (Phi) is 8.51. The van der Waals surface area contributed by atoms with Crippen molar-refractivity contribution in [3.05, 3.63) is 71.3 Å². The van der Waals surface area contributed by atoms with Crippen molar-refractivity contribution in [2.45, 2.75) is 6.42 Å². The molecule has 8 N–H and O–H groups in total. The highest BCUT2D eigenvalue weighted by Crippen LogP contribution is 2.30. The van der Waals surface area contributed by atoms with Crippen molar-refractivity contribution in [3.63, 3.8) is 0 Å². The van der Waals surface area contributed by atoms with Crippen LogP contribution in [0.5, 0.6) is 5.75 Å². The maximum absolute atomic E-state index is 12.9. The molecule has 1 amide bonds. The Morgan fingerprint density at radius 3 is 2.39 bits per heavy atom. The molecule has 0 saturated carbocycles. The van der Waals surface area contributed by atoms with E-state index in [-0.39, 0.29) is 24.0 Å². The van der Waals surface area contributed by atoms with E-state index in [4.69, 9.17) is 32.1 Å². The summed E-state index contributed by atoms with van der Waals surface area (Å²) < 4.78 is 11.0. The number of rotatable bonds is 9. The number of benzene rings is 3. The quantitative estimate of drug-likeness (QED) is 0.122. The highest BCUT2D eigenvalue weighted by Gasteiger charge is 2.17. The van der Waals surface area contributed by atoms with Gasteiger partial charge in [-0.1, -0.05) is 18.2 Å². The van der Waals surface area contributed by atoms with Crippen LogP contribution in [0.15, 0.2) is 59.6 Å². The highest BCUT2D eigenvalue weighted by atomic mass is 16.5. The molecule has 0 radical (unpaired) electrons. The molecular formula is C27H31N7O4. The number of nitrogens with one attached hydrogen (secondary N) is 2. The normalized spacial score (nSPS) is 14.3. The van der Waals surface area contributed by atoms with Gasteiger partial charge in [-0.3, -0.25) is 20.1 Å². The van der Waals surface area contributed by atoms with E-state index >= 15 is 0 Å². The van der Waals surface area contributed by atoms with Crippen molar-refractivity contribution in [2.75, 3.05) is 44.7 Å². The standard InChI is InChI=1S/C27H31N7O4/c28-24(35)16-22-21-7-3-19(25(29)30)15-18(21)4-8-23(22)38-26(36)17-1-5-20(6-2-17)33-27(31)32-9-10-34-11-13-37-14-12-34/h1-8,15H,9-14,16H2,(H2,28,35)(H3,29,30)(H3,31,32,33). The molecule has 11 heteroatoms. The fourth-order valence-corrected chi connectivity index (χ4v) is 4.17. The third kappa shape index (κ3) is 6.84. The lowest BCUT2D eigenvalue weighted by Gasteiger charge is -2.25. The van der Waals surface area contributed by atoms with Gasteiger partial charge in [0, 0.05) is 36.4 Å². The first kappa shape index (κ1) is 26.6. The fourth-order valence-electron chi connectivity index (χ4n) is 4.17. The molecule has 4 rings (SSSR count). The summed E-state index contributed by atoms with van der Waals surface area (Å²) in [5.74, 6) is -0.707. The SMILES string of the molecule is N=C(N)c1ccc2c(CC(N)=O)c(OC(=O)c3ccc(NC(N)=NCCN4CCOCC4)cc3)ccc2c1. The maximum atomic E-state index is 12.9. The highest BCUT2D eigenvalue weighted by molar-refractivity contribution is 6.01. The Hall–Kier alpha value is -4.48. The molecular weight excluding hydrogens is 486 g/mol. The number of fused-ring (bicyclic) bond motifs is 1. The maximum Gasteiger partial charge on any atom is 0.343 e. The van der Waals surface area contributed by atoms with E-state index in [1.807, 2.05) is 0 Å². The largest absolute Gasteiger partial charge is 0.423 e. The molecule has 1 saturated heterocycles. The van der Waals surface area contributed by atoms with E-state index in [9.17, 15) is 9.59 Å². The second-order valence-electron chi connectivity index (χ2n) is 8.85. The average molecular weight is 518 g/mol. The van der Waals surface area contributed by atoms with Gasteiger partial charge in [-0.25, -0.2) is 4.79 Å². The summed E-state index contributed by atoms with van der Waals surface area (Å²) in [5, 5.41) is 12.1. The molecule has 1 fully saturated rings. The van der Waals surface area contributed by atoms with Crippen LogP contribution in [-0.4, -0.2) is 68.0 Å². The van der Waals surface area contributed by atoms with Crippen molar-refractivity contribution >= 4 is 40.1 Å². The molecule has 3 aromatic carbocycles. The second kappa shape index (κ2) is 12.2. The number of ether oxygens (including phenoxy) is 2. The number of primary amides is 1. The van der Waals surface area contributed by atoms with Gasteiger partial charge in [0.15, 0.2) is 5.96 Å². The number of morpholine rings is 1. The predicted octanol–water partition coefficient (Wildman–Crippen LogP) is 1.43. The third-order valence-corrected chi connectivity index (χ3v) is 6.15. The van der Waals surface area contributed by atoms with Crippen molar-refractivity contribution in [2.24, 2.45) is 22.2 Å². The minimum atomic E-state index is -0.589. The lowest BCUT2D eigenvalue weighted by atomic mass is 9.98. The average Bonchev–Trinajstić information content (AvgIpc) is 2.90. The first-order valence-corrected chi connectivity index (χ1v) is 12.2. The summed E-state index contributed by atoms with van der Waals surface area (Å²) in [6.07, 6.45) is -0.119. The molecule has 0 unspecified atom stereocenters. The van der Waals surface area contributed by atoms with Crippen molar-refractivity contribution in [1.82, 2.24) is 4.90 Å². The zero-order valence-corrected chi connectivity index (χ0v) is 20.9. The van der Waals surface area contributed by atoms with E-state index in [0.29, 0.717) is 34.3 Å². The lowest BCUT2D eigenvalue weighted by molar-refractivity contribution is -0.117. The number of guanidine groups is 1. The summed E-state index contributed by atoms with van der Waals surface area (Å²) in [5.41, 5.74) is 19.1. The van der Waals surface area contributed by atoms with E-state index in [1.54, 1.807) is 54.6 Å².